The van der Waals surface area contributed by atoms with Crippen LogP contribution in [-0.4, -0.2) is 36.9 Å². The average molecular weight is 171 g/mol. The standard InChI is InChI=1S/C8H13NO3/c1-8(2)11-6-3-9-5(4-10)7(6)12-8/h4-7,9H,3H2,1-2H3/t5-,6+,7-/m1/s1. The van der Waals surface area contributed by atoms with Gasteiger partial charge >= 0.3 is 0 Å². The van der Waals surface area contributed by atoms with Crippen molar-refractivity contribution in [2.45, 2.75) is 37.9 Å². The molecule has 2 saturated heterocycles. The average Bonchev–Trinajstić information content (AvgIpc) is 2.42. The van der Waals surface area contributed by atoms with E-state index in [0.29, 0.717) is 6.54 Å². The maximum absolute atomic E-state index is 10.6. The molecule has 0 bridgehead atoms. The summed E-state index contributed by atoms with van der Waals surface area (Å²) >= 11 is 0. The summed E-state index contributed by atoms with van der Waals surface area (Å²) in [6.07, 6.45) is 0.822. The molecule has 4 nitrogen and oxygen atoms in total. The van der Waals surface area contributed by atoms with Crippen LogP contribution >= 0.6 is 0 Å². The van der Waals surface area contributed by atoms with E-state index >= 15 is 0 Å². The summed E-state index contributed by atoms with van der Waals surface area (Å²) in [5, 5.41) is 3.03. The number of hydrogen-bond donors (Lipinski definition) is 1. The number of nitrogens with one attached hydrogen (secondary N) is 1. The molecule has 0 aromatic rings. The zero-order valence-electron chi connectivity index (χ0n) is 7.24. The Bertz CT molecular complexity index is 204. The fourth-order valence-electron chi connectivity index (χ4n) is 1.82. The second-order valence-electron chi connectivity index (χ2n) is 3.71. The van der Waals surface area contributed by atoms with Crippen LogP contribution in [0.4, 0.5) is 0 Å². The number of aldehydes is 1. The quantitative estimate of drug-likeness (QED) is 0.549. The van der Waals surface area contributed by atoms with E-state index in [9.17, 15) is 4.79 Å². The molecule has 2 rings (SSSR count). The second kappa shape index (κ2) is 2.52. The van der Waals surface area contributed by atoms with E-state index < -0.39 is 5.79 Å². The van der Waals surface area contributed by atoms with Crippen molar-refractivity contribution >= 4 is 6.29 Å². The molecule has 2 aliphatic rings. The minimum absolute atomic E-state index is 0.0372. The topological polar surface area (TPSA) is 47.6 Å². The molecular weight excluding hydrogens is 158 g/mol. The predicted molar refractivity (Wildman–Crippen MR) is 41.7 cm³/mol. The van der Waals surface area contributed by atoms with Crippen molar-refractivity contribution in [2.75, 3.05) is 6.54 Å². The lowest BCUT2D eigenvalue weighted by Crippen LogP contribution is -2.36. The highest BCUT2D eigenvalue weighted by Gasteiger charge is 2.48. The molecule has 0 unspecified atom stereocenters. The summed E-state index contributed by atoms with van der Waals surface area (Å²) in [5.41, 5.74) is 0. The third-order valence-corrected chi connectivity index (χ3v) is 2.28. The molecule has 0 radical (unpaired) electrons. The first-order chi connectivity index (χ1) is 5.62. The number of rotatable bonds is 1. The largest absolute Gasteiger partial charge is 0.343 e. The van der Waals surface area contributed by atoms with Gasteiger partial charge in [-0.2, -0.15) is 0 Å². The van der Waals surface area contributed by atoms with Crippen LogP contribution < -0.4 is 5.32 Å². The van der Waals surface area contributed by atoms with E-state index in [4.69, 9.17) is 9.47 Å². The molecule has 2 aliphatic heterocycles. The fraction of sp³-hybridized carbons (Fsp3) is 0.875. The second-order valence-corrected chi connectivity index (χ2v) is 3.71. The summed E-state index contributed by atoms with van der Waals surface area (Å²) < 4.78 is 11.1. The van der Waals surface area contributed by atoms with E-state index in [1.165, 1.54) is 0 Å². The van der Waals surface area contributed by atoms with Crippen molar-refractivity contribution in [3.05, 3.63) is 0 Å². The van der Waals surface area contributed by atoms with Crippen molar-refractivity contribution in [2.24, 2.45) is 0 Å². The van der Waals surface area contributed by atoms with E-state index in [1.54, 1.807) is 0 Å². The molecule has 68 valence electrons. The van der Waals surface area contributed by atoms with Crippen LogP contribution in [0.5, 0.6) is 0 Å². The summed E-state index contributed by atoms with van der Waals surface area (Å²) in [4.78, 5) is 10.6. The summed E-state index contributed by atoms with van der Waals surface area (Å²) in [7, 11) is 0. The Hall–Kier alpha value is -0.450. The van der Waals surface area contributed by atoms with Gasteiger partial charge in [0.15, 0.2) is 5.79 Å². The number of carbonyl (C=O) groups excluding carboxylic acids is 1. The maximum atomic E-state index is 10.6. The molecule has 0 aliphatic carbocycles. The van der Waals surface area contributed by atoms with Gasteiger partial charge in [-0.3, -0.25) is 0 Å². The normalized spacial score (nSPS) is 44.3. The molecule has 2 fully saturated rings. The number of fused-ring (bicyclic) bond motifs is 1. The van der Waals surface area contributed by atoms with Crippen molar-refractivity contribution < 1.29 is 14.3 Å². The van der Waals surface area contributed by atoms with Crippen molar-refractivity contribution in [3.63, 3.8) is 0 Å². The Morgan fingerprint density at radius 2 is 2.25 bits per heavy atom. The van der Waals surface area contributed by atoms with Crippen LogP contribution in [0.3, 0.4) is 0 Å². The molecule has 0 saturated carbocycles. The molecule has 0 amide bonds. The smallest absolute Gasteiger partial charge is 0.163 e. The number of carbonyl (C=O) groups is 1. The van der Waals surface area contributed by atoms with Gasteiger partial charge in [-0.05, 0) is 13.8 Å². The Morgan fingerprint density at radius 1 is 1.50 bits per heavy atom. The van der Waals surface area contributed by atoms with Crippen LogP contribution in [0.15, 0.2) is 0 Å². The van der Waals surface area contributed by atoms with Crippen LogP contribution in [-0.2, 0) is 14.3 Å². The Morgan fingerprint density at radius 3 is 2.92 bits per heavy atom. The molecule has 2 heterocycles. The van der Waals surface area contributed by atoms with Gasteiger partial charge in [0, 0.05) is 6.54 Å². The third-order valence-electron chi connectivity index (χ3n) is 2.28. The summed E-state index contributed by atoms with van der Waals surface area (Å²) in [6, 6.07) is -0.197. The van der Waals surface area contributed by atoms with Gasteiger partial charge < -0.3 is 19.6 Å². The van der Waals surface area contributed by atoms with Gasteiger partial charge in [-0.25, -0.2) is 0 Å². The van der Waals surface area contributed by atoms with Gasteiger partial charge in [-0.15, -0.1) is 0 Å². The monoisotopic (exact) mass is 171 g/mol. The Kier molecular flexibility index (Phi) is 1.71. The van der Waals surface area contributed by atoms with Crippen molar-refractivity contribution in [1.82, 2.24) is 5.32 Å². The fourth-order valence-corrected chi connectivity index (χ4v) is 1.82. The van der Waals surface area contributed by atoms with Gasteiger partial charge in [-0.1, -0.05) is 0 Å². The van der Waals surface area contributed by atoms with Gasteiger partial charge in [0.25, 0.3) is 0 Å². The SMILES string of the molecule is CC1(C)O[C@H]2[C@H](CN[C@@H]2C=O)O1. The summed E-state index contributed by atoms with van der Waals surface area (Å²) in [6.45, 7) is 4.44. The zero-order valence-corrected chi connectivity index (χ0v) is 7.24. The van der Waals surface area contributed by atoms with E-state index in [1.807, 2.05) is 13.8 Å². The third kappa shape index (κ3) is 1.16. The van der Waals surface area contributed by atoms with Crippen LogP contribution in [0, 0.1) is 0 Å². The van der Waals surface area contributed by atoms with E-state index in [-0.39, 0.29) is 18.2 Å². The molecule has 3 atom stereocenters. The van der Waals surface area contributed by atoms with Gasteiger partial charge in [0.2, 0.25) is 0 Å². The first kappa shape index (κ1) is 8.16. The lowest BCUT2D eigenvalue weighted by Gasteiger charge is -2.19. The van der Waals surface area contributed by atoms with Crippen molar-refractivity contribution in [3.8, 4) is 0 Å². The lowest BCUT2D eigenvalue weighted by atomic mass is 10.2. The first-order valence-corrected chi connectivity index (χ1v) is 4.17. The van der Waals surface area contributed by atoms with Crippen LogP contribution in [0.2, 0.25) is 0 Å². The highest BCUT2D eigenvalue weighted by Crippen LogP contribution is 2.31. The molecule has 12 heavy (non-hydrogen) atoms. The first-order valence-electron chi connectivity index (χ1n) is 4.17. The maximum Gasteiger partial charge on any atom is 0.163 e. The van der Waals surface area contributed by atoms with Gasteiger partial charge in [0.1, 0.15) is 18.5 Å². The van der Waals surface area contributed by atoms with Crippen LogP contribution in [0.1, 0.15) is 13.8 Å². The molecule has 1 N–H and O–H groups in total. The highest BCUT2D eigenvalue weighted by molar-refractivity contribution is 5.60. The number of hydrogen-bond acceptors (Lipinski definition) is 4. The zero-order chi connectivity index (χ0) is 8.77. The van der Waals surface area contributed by atoms with E-state index in [0.717, 1.165) is 6.29 Å². The molecule has 0 aromatic heterocycles. The Labute approximate surface area is 71.2 Å². The lowest BCUT2D eigenvalue weighted by molar-refractivity contribution is -0.153. The summed E-state index contributed by atoms with van der Waals surface area (Å²) in [5.74, 6) is -0.529. The predicted octanol–water partition coefficient (Wildman–Crippen LogP) is -0.323. The highest BCUT2D eigenvalue weighted by atomic mass is 16.8. The Balaban J connectivity index is 2.11. The minimum atomic E-state index is -0.529. The molecule has 0 aromatic carbocycles. The number of ether oxygens (including phenoxy) is 2. The van der Waals surface area contributed by atoms with E-state index in [2.05, 4.69) is 5.32 Å². The molecular formula is C8H13NO3. The van der Waals surface area contributed by atoms with Gasteiger partial charge in [0.05, 0.1) is 6.04 Å². The van der Waals surface area contributed by atoms with Crippen molar-refractivity contribution in [1.29, 1.82) is 0 Å². The molecule has 0 spiro atoms. The molecule has 4 heteroatoms. The minimum Gasteiger partial charge on any atom is -0.343 e. The van der Waals surface area contributed by atoms with Crippen LogP contribution in [0.25, 0.3) is 0 Å².